The summed E-state index contributed by atoms with van der Waals surface area (Å²) in [4.78, 5) is 28.8. The standard InChI is InChI=1S/C19H13ClFNO4/c1-25-17-7-6-11(21)8-14(17)16(23)10-26-19(24)13-9-18(20)22-15-5-3-2-4-12(13)15/h2-9H,10H2,1H3. The van der Waals surface area contributed by atoms with E-state index in [0.717, 1.165) is 6.07 Å². The predicted octanol–water partition coefficient (Wildman–Crippen LogP) is 4.08. The van der Waals surface area contributed by atoms with Crippen LogP contribution < -0.4 is 4.74 Å². The number of hydrogen-bond acceptors (Lipinski definition) is 5. The van der Waals surface area contributed by atoms with Crippen LogP contribution in [0.4, 0.5) is 4.39 Å². The maximum Gasteiger partial charge on any atom is 0.339 e. The van der Waals surface area contributed by atoms with E-state index in [1.54, 1.807) is 24.3 Å². The van der Waals surface area contributed by atoms with Gasteiger partial charge in [0.15, 0.2) is 6.61 Å². The number of pyridine rings is 1. The number of para-hydroxylation sites is 1. The van der Waals surface area contributed by atoms with Gasteiger partial charge < -0.3 is 9.47 Å². The molecule has 132 valence electrons. The van der Waals surface area contributed by atoms with E-state index in [4.69, 9.17) is 21.1 Å². The number of carbonyl (C=O) groups is 2. The minimum atomic E-state index is -0.728. The van der Waals surface area contributed by atoms with Crippen LogP contribution in [-0.2, 0) is 4.74 Å². The van der Waals surface area contributed by atoms with E-state index in [2.05, 4.69) is 4.98 Å². The second-order valence-electron chi connectivity index (χ2n) is 5.35. The summed E-state index contributed by atoms with van der Waals surface area (Å²) in [5.74, 6) is -1.70. The molecule has 1 heterocycles. The van der Waals surface area contributed by atoms with Crippen LogP contribution >= 0.6 is 11.6 Å². The minimum Gasteiger partial charge on any atom is -0.496 e. The van der Waals surface area contributed by atoms with Crippen LogP contribution in [0.2, 0.25) is 5.15 Å². The molecular formula is C19H13ClFNO4. The van der Waals surface area contributed by atoms with Crippen molar-refractivity contribution in [3.63, 3.8) is 0 Å². The molecule has 0 radical (unpaired) electrons. The summed E-state index contributed by atoms with van der Waals surface area (Å²) in [7, 11) is 1.36. The van der Waals surface area contributed by atoms with Gasteiger partial charge in [-0.05, 0) is 30.3 Å². The molecule has 0 atom stereocenters. The van der Waals surface area contributed by atoms with Crippen LogP contribution in [0.3, 0.4) is 0 Å². The van der Waals surface area contributed by atoms with Crippen molar-refractivity contribution >= 4 is 34.3 Å². The van der Waals surface area contributed by atoms with Crippen LogP contribution in [0.5, 0.6) is 5.75 Å². The Balaban J connectivity index is 1.82. The predicted molar refractivity (Wildman–Crippen MR) is 94.3 cm³/mol. The Hall–Kier alpha value is -2.99. The summed E-state index contributed by atoms with van der Waals surface area (Å²) < 4.78 is 23.5. The third-order valence-electron chi connectivity index (χ3n) is 3.70. The van der Waals surface area contributed by atoms with Gasteiger partial charge in [0.2, 0.25) is 5.78 Å². The molecule has 26 heavy (non-hydrogen) atoms. The number of fused-ring (bicyclic) bond motifs is 1. The number of aromatic nitrogens is 1. The molecule has 1 aromatic heterocycles. The smallest absolute Gasteiger partial charge is 0.339 e. The van der Waals surface area contributed by atoms with Gasteiger partial charge in [-0.25, -0.2) is 14.2 Å². The number of hydrogen-bond donors (Lipinski definition) is 0. The monoisotopic (exact) mass is 373 g/mol. The topological polar surface area (TPSA) is 65.5 Å². The van der Waals surface area contributed by atoms with Crippen molar-refractivity contribution in [3.8, 4) is 5.75 Å². The van der Waals surface area contributed by atoms with Gasteiger partial charge in [0.25, 0.3) is 0 Å². The molecule has 0 aliphatic carbocycles. The van der Waals surface area contributed by atoms with Crippen molar-refractivity contribution in [2.75, 3.05) is 13.7 Å². The lowest BCUT2D eigenvalue weighted by Gasteiger charge is -2.10. The summed E-state index contributed by atoms with van der Waals surface area (Å²) in [5, 5.41) is 0.687. The number of halogens is 2. The van der Waals surface area contributed by atoms with Gasteiger partial charge in [0, 0.05) is 5.39 Å². The zero-order valence-electron chi connectivity index (χ0n) is 13.7. The normalized spacial score (nSPS) is 10.6. The molecule has 0 unspecified atom stereocenters. The highest BCUT2D eigenvalue weighted by Crippen LogP contribution is 2.23. The third kappa shape index (κ3) is 3.65. The first-order valence-corrected chi connectivity index (χ1v) is 7.96. The summed E-state index contributed by atoms with van der Waals surface area (Å²) in [5.41, 5.74) is 0.725. The molecule has 3 rings (SSSR count). The van der Waals surface area contributed by atoms with Gasteiger partial charge in [-0.15, -0.1) is 0 Å². The fraction of sp³-hybridized carbons (Fsp3) is 0.105. The summed E-state index contributed by atoms with van der Waals surface area (Å²) in [6, 6.07) is 11.8. The number of ketones is 1. The van der Waals surface area contributed by atoms with Gasteiger partial charge in [0.1, 0.15) is 16.7 Å². The summed E-state index contributed by atoms with van der Waals surface area (Å²) in [6.07, 6.45) is 0. The van der Waals surface area contributed by atoms with Gasteiger partial charge in [-0.3, -0.25) is 4.79 Å². The Morgan fingerprint density at radius 2 is 1.88 bits per heavy atom. The minimum absolute atomic E-state index is 0.00193. The van der Waals surface area contributed by atoms with Gasteiger partial charge >= 0.3 is 5.97 Å². The maximum atomic E-state index is 13.4. The van der Waals surface area contributed by atoms with Crippen LogP contribution in [0, 0.1) is 5.82 Å². The number of esters is 1. The van der Waals surface area contributed by atoms with Crippen LogP contribution in [0.25, 0.3) is 10.9 Å². The van der Waals surface area contributed by atoms with Crippen molar-refractivity contribution in [2.45, 2.75) is 0 Å². The molecule has 0 N–H and O–H groups in total. The molecule has 0 fully saturated rings. The fourth-order valence-corrected chi connectivity index (χ4v) is 2.70. The fourth-order valence-electron chi connectivity index (χ4n) is 2.50. The Morgan fingerprint density at radius 3 is 2.65 bits per heavy atom. The second kappa shape index (κ2) is 7.49. The zero-order chi connectivity index (χ0) is 18.7. The highest BCUT2D eigenvalue weighted by molar-refractivity contribution is 6.30. The van der Waals surface area contributed by atoms with Crippen molar-refractivity contribution in [1.82, 2.24) is 4.98 Å². The molecule has 0 saturated carbocycles. The van der Waals surface area contributed by atoms with Crippen molar-refractivity contribution in [1.29, 1.82) is 0 Å². The Kier molecular flexibility index (Phi) is 5.14. The molecule has 0 saturated heterocycles. The molecule has 0 bridgehead atoms. The molecule has 3 aromatic rings. The van der Waals surface area contributed by atoms with Gasteiger partial charge in [-0.2, -0.15) is 0 Å². The van der Waals surface area contributed by atoms with E-state index >= 15 is 0 Å². The lowest BCUT2D eigenvalue weighted by molar-refractivity contribution is 0.0475. The number of methoxy groups -OCH3 is 1. The lowest BCUT2D eigenvalue weighted by Crippen LogP contribution is -2.15. The number of Topliss-reactive ketones (excluding diaryl/α,β-unsaturated/α-hetero) is 1. The van der Waals surface area contributed by atoms with E-state index in [1.807, 2.05) is 0 Å². The summed E-state index contributed by atoms with van der Waals surface area (Å²) in [6.45, 7) is -0.563. The van der Waals surface area contributed by atoms with Gasteiger partial charge in [0.05, 0.1) is 23.8 Å². The maximum absolute atomic E-state index is 13.4. The highest BCUT2D eigenvalue weighted by Gasteiger charge is 2.18. The second-order valence-corrected chi connectivity index (χ2v) is 5.74. The molecule has 0 spiro atoms. The molecule has 0 amide bonds. The van der Waals surface area contributed by atoms with E-state index in [1.165, 1.54) is 25.3 Å². The van der Waals surface area contributed by atoms with E-state index < -0.39 is 24.2 Å². The van der Waals surface area contributed by atoms with Crippen molar-refractivity contribution < 1.29 is 23.5 Å². The summed E-state index contributed by atoms with van der Waals surface area (Å²) >= 11 is 5.94. The quantitative estimate of drug-likeness (QED) is 0.383. The van der Waals surface area contributed by atoms with Crippen molar-refractivity contribution in [3.05, 3.63) is 70.6 Å². The molecule has 2 aromatic carbocycles. The third-order valence-corrected chi connectivity index (χ3v) is 3.89. The SMILES string of the molecule is COc1ccc(F)cc1C(=O)COC(=O)c1cc(Cl)nc2ccccc12. The number of ether oxygens (including phenoxy) is 2. The van der Waals surface area contributed by atoms with E-state index in [-0.39, 0.29) is 22.0 Å². The number of rotatable bonds is 5. The Bertz CT molecular complexity index is 1010. The van der Waals surface area contributed by atoms with Gasteiger partial charge in [-0.1, -0.05) is 29.8 Å². The first kappa shape index (κ1) is 17.8. The highest BCUT2D eigenvalue weighted by atomic mass is 35.5. The molecule has 7 heteroatoms. The van der Waals surface area contributed by atoms with Crippen molar-refractivity contribution in [2.24, 2.45) is 0 Å². The average molecular weight is 374 g/mol. The molecular weight excluding hydrogens is 361 g/mol. The van der Waals surface area contributed by atoms with Crippen LogP contribution in [0.1, 0.15) is 20.7 Å². The molecule has 0 aliphatic rings. The number of benzene rings is 2. The average Bonchev–Trinajstić information content (AvgIpc) is 2.65. The zero-order valence-corrected chi connectivity index (χ0v) is 14.4. The Labute approximate surface area is 153 Å². The largest absolute Gasteiger partial charge is 0.496 e. The van der Waals surface area contributed by atoms with E-state index in [0.29, 0.717) is 10.9 Å². The molecule has 5 nitrogen and oxygen atoms in total. The first-order valence-electron chi connectivity index (χ1n) is 7.58. The lowest BCUT2D eigenvalue weighted by atomic mass is 10.1. The van der Waals surface area contributed by atoms with Crippen LogP contribution in [-0.4, -0.2) is 30.5 Å². The molecule has 0 aliphatic heterocycles. The first-order chi connectivity index (χ1) is 12.5. The Morgan fingerprint density at radius 1 is 1.12 bits per heavy atom. The number of carbonyl (C=O) groups excluding carboxylic acids is 2. The van der Waals surface area contributed by atoms with Crippen LogP contribution in [0.15, 0.2) is 48.5 Å². The van der Waals surface area contributed by atoms with E-state index in [9.17, 15) is 14.0 Å². The number of nitrogens with zero attached hydrogens (tertiary/aromatic N) is 1.